The summed E-state index contributed by atoms with van der Waals surface area (Å²) >= 11 is 0. The van der Waals surface area contributed by atoms with Crippen molar-refractivity contribution in [3.63, 3.8) is 0 Å². The fourth-order valence-corrected chi connectivity index (χ4v) is 2.78. The maximum atomic E-state index is 5.99. The first kappa shape index (κ1) is 9.79. The molecule has 0 bridgehead atoms. The standard InChI is InChI=1S/C14H16N2/c15-11-7-6-10(9-11)12-3-1-5-14-13(12)4-2-8-16-14/h1-5,8,10-11H,6-7,9,15H2. The molecule has 0 saturated heterocycles. The van der Waals surface area contributed by atoms with Crippen LogP contribution in [0.5, 0.6) is 0 Å². The van der Waals surface area contributed by atoms with Crippen LogP contribution >= 0.6 is 0 Å². The predicted octanol–water partition coefficient (Wildman–Crippen LogP) is 2.83. The number of hydrogen-bond donors (Lipinski definition) is 1. The second-order valence-corrected chi connectivity index (χ2v) is 4.69. The zero-order chi connectivity index (χ0) is 11.0. The second-order valence-electron chi connectivity index (χ2n) is 4.69. The average Bonchev–Trinajstić information content (AvgIpc) is 2.75. The molecule has 1 aliphatic rings. The summed E-state index contributed by atoms with van der Waals surface area (Å²) in [6.45, 7) is 0. The zero-order valence-corrected chi connectivity index (χ0v) is 9.26. The molecule has 0 aliphatic heterocycles. The van der Waals surface area contributed by atoms with E-state index in [-0.39, 0.29) is 0 Å². The van der Waals surface area contributed by atoms with E-state index in [4.69, 9.17) is 5.73 Å². The van der Waals surface area contributed by atoms with Gasteiger partial charge in [-0.05, 0) is 42.9 Å². The van der Waals surface area contributed by atoms with Gasteiger partial charge in [-0.25, -0.2) is 0 Å². The molecule has 2 aromatic rings. The summed E-state index contributed by atoms with van der Waals surface area (Å²) in [7, 11) is 0. The molecule has 1 fully saturated rings. The van der Waals surface area contributed by atoms with Crippen LogP contribution in [0.4, 0.5) is 0 Å². The smallest absolute Gasteiger partial charge is 0.0704 e. The van der Waals surface area contributed by atoms with Crippen molar-refractivity contribution in [2.45, 2.75) is 31.2 Å². The topological polar surface area (TPSA) is 38.9 Å². The van der Waals surface area contributed by atoms with Gasteiger partial charge in [0.15, 0.2) is 0 Å². The van der Waals surface area contributed by atoms with Crippen molar-refractivity contribution in [1.29, 1.82) is 0 Å². The van der Waals surface area contributed by atoms with E-state index in [1.54, 1.807) is 0 Å². The van der Waals surface area contributed by atoms with Crippen LogP contribution in [0.25, 0.3) is 10.9 Å². The minimum absolute atomic E-state index is 0.386. The van der Waals surface area contributed by atoms with E-state index in [0.717, 1.165) is 18.4 Å². The number of benzene rings is 1. The Bertz CT molecular complexity index is 502. The van der Waals surface area contributed by atoms with E-state index < -0.39 is 0 Å². The minimum atomic E-state index is 0.386. The maximum Gasteiger partial charge on any atom is 0.0704 e. The molecule has 1 aromatic carbocycles. The van der Waals surface area contributed by atoms with Gasteiger partial charge in [-0.1, -0.05) is 18.2 Å². The molecule has 3 rings (SSSR count). The van der Waals surface area contributed by atoms with Gasteiger partial charge in [0.05, 0.1) is 5.52 Å². The highest BCUT2D eigenvalue weighted by atomic mass is 14.7. The molecule has 1 saturated carbocycles. The summed E-state index contributed by atoms with van der Waals surface area (Å²) in [6.07, 6.45) is 5.34. The van der Waals surface area contributed by atoms with Gasteiger partial charge in [0.25, 0.3) is 0 Å². The molecular formula is C14H16N2. The first-order chi connectivity index (χ1) is 7.84. The lowest BCUT2D eigenvalue weighted by Gasteiger charge is -2.12. The molecule has 0 amide bonds. The molecule has 2 N–H and O–H groups in total. The van der Waals surface area contributed by atoms with E-state index in [1.165, 1.54) is 17.4 Å². The van der Waals surface area contributed by atoms with Gasteiger partial charge in [0.1, 0.15) is 0 Å². The largest absolute Gasteiger partial charge is 0.328 e. The lowest BCUT2D eigenvalue weighted by molar-refractivity contribution is 0.677. The Morgan fingerprint density at radius 3 is 2.88 bits per heavy atom. The monoisotopic (exact) mass is 212 g/mol. The van der Waals surface area contributed by atoms with Crippen LogP contribution in [-0.4, -0.2) is 11.0 Å². The molecule has 2 heteroatoms. The molecule has 82 valence electrons. The molecule has 1 aromatic heterocycles. The van der Waals surface area contributed by atoms with E-state index in [9.17, 15) is 0 Å². The van der Waals surface area contributed by atoms with Crippen molar-refractivity contribution in [1.82, 2.24) is 4.98 Å². The minimum Gasteiger partial charge on any atom is -0.328 e. The van der Waals surface area contributed by atoms with Crippen molar-refractivity contribution in [2.24, 2.45) is 5.73 Å². The molecule has 0 radical (unpaired) electrons. The zero-order valence-electron chi connectivity index (χ0n) is 9.26. The predicted molar refractivity (Wildman–Crippen MR) is 66.3 cm³/mol. The van der Waals surface area contributed by atoms with Gasteiger partial charge in [-0.3, -0.25) is 4.98 Å². The summed E-state index contributed by atoms with van der Waals surface area (Å²) in [6, 6.07) is 11.0. The van der Waals surface area contributed by atoms with Crippen LogP contribution < -0.4 is 5.73 Å². The fourth-order valence-electron chi connectivity index (χ4n) is 2.78. The van der Waals surface area contributed by atoms with Crippen molar-refractivity contribution >= 4 is 10.9 Å². The third kappa shape index (κ3) is 1.59. The van der Waals surface area contributed by atoms with Crippen LogP contribution in [0.2, 0.25) is 0 Å². The molecule has 16 heavy (non-hydrogen) atoms. The summed E-state index contributed by atoms with van der Waals surface area (Å²) in [5, 5.41) is 1.30. The highest BCUT2D eigenvalue weighted by molar-refractivity contribution is 5.82. The number of aromatic nitrogens is 1. The Labute approximate surface area is 95.5 Å². The molecule has 0 spiro atoms. The number of fused-ring (bicyclic) bond motifs is 1. The number of hydrogen-bond acceptors (Lipinski definition) is 2. The Balaban J connectivity index is 2.09. The lowest BCUT2D eigenvalue weighted by atomic mass is 9.93. The quantitative estimate of drug-likeness (QED) is 0.789. The summed E-state index contributed by atoms with van der Waals surface area (Å²) < 4.78 is 0. The van der Waals surface area contributed by atoms with Crippen LogP contribution in [-0.2, 0) is 0 Å². The fraction of sp³-hybridized carbons (Fsp3) is 0.357. The maximum absolute atomic E-state index is 5.99. The number of pyridine rings is 1. The van der Waals surface area contributed by atoms with Crippen LogP contribution in [0.1, 0.15) is 30.7 Å². The number of rotatable bonds is 1. The summed E-state index contributed by atoms with van der Waals surface area (Å²) in [5.74, 6) is 0.628. The van der Waals surface area contributed by atoms with Crippen molar-refractivity contribution < 1.29 is 0 Å². The highest BCUT2D eigenvalue weighted by Crippen LogP contribution is 2.36. The van der Waals surface area contributed by atoms with Crippen LogP contribution in [0, 0.1) is 0 Å². The Morgan fingerprint density at radius 1 is 1.12 bits per heavy atom. The van der Waals surface area contributed by atoms with Gasteiger partial charge in [0.2, 0.25) is 0 Å². The Kier molecular flexibility index (Phi) is 2.37. The molecule has 1 aliphatic carbocycles. The van der Waals surface area contributed by atoms with Gasteiger partial charge in [0, 0.05) is 17.6 Å². The highest BCUT2D eigenvalue weighted by Gasteiger charge is 2.24. The van der Waals surface area contributed by atoms with E-state index in [0.29, 0.717) is 12.0 Å². The van der Waals surface area contributed by atoms with E-state index in [2.05, 4.69) is 29.2 Å². The summed E-state index contributed by atoms with van der Waals surface area (Å²) in [5.41, 5.74) is 8.52. The van der Waals surface area contributed by atoms with Crippen molar-refractivity contribution in [2.75, 3.05) is 0 Å². The first-order valence-corrected chi connectivity index (χ1v) is 5.94. The average molecular weight is 212 g/mol. The van der Waals surface area contributed by atoms with Gasteiger partial charge in [-0.15, -0.1) is 0 Å². The Hall–Kier alpha value is -1.41. The van der Waals surface area contributed by atoms with Gasteiger partial charge in [-0.2, -0.15) is 0 Å². The number of nitrogens with zero attached hydrogens (tertiary/aromatic N) is 1. The van der Waals surface area contributed by atoms with Crippen LogP contribution in [0.15, 0.2) is 36.5 Å². The van der Waals surface area contributed by atoms with Gasteiger partial charge >= 0.3 is 0 Å². The molecule has 2 unspecified atom stereocenters. The third-order valence-electron chi connectivity index (χ3n) is 3.59. The normalized spacial score (nSPS) is 25.1. The van der Waals surface area contributed by atoms with E-state index >= 15 is 0 Å². The lowest BCUT2D eigenvalue weighted by Crippen LogP contribution is -2.14. The van der Waals surface area contributed by atoms with Crippen molar-refractivity contribution in [3.8, 4) is 0 Å². The third-order valence-corrected chi connectivity index (χ3v) is 3.59. The molecular weight excluding hydrogens is 196 g/mol. The summed E-state index contributed by atoms with van der Waals surface area (Å²) in [4.78, 5) is 4.40. The van der Waals surface area contributed by atoms with E-state index in [1.807, 2.05) is 12.3 Å². The van der Waals surface area contributed by atoms with Crippen LogP contribution in [0.3, 0.4) is 0 Å². The molecule has 2 atom stereocenters. The number of nitrogens with two attached hydrogens (primary N) is 1. The molecule has 1 heterocycles. The van der Waals surface area contributed by atoms with Crippen molar-refractivity contribution in [3.05, 3.63) is 42.1 Å². The SMILES string of the molecule is NC1CCC(c2cccc3ncccc23)C1. The van der Waals surface area contributed by atoms with Gasteiger partial charge < -0.3 is 5.73 Å². The second kappa shape index (κ2) is 3.87. The first-order valence-electron chi connectivity index (χ1n) is 5.94. The Morgan fingerprint density at radius 2 is 2.06 bits per heavy atom. The molecule has 2 nitrogen and oxygen atoms in total.